The maximum Gasteiger partial charge on any atom is 0.255 e. The second kappa shape index (κ2) is 8.98. The third-order valence-electron chi connectivity index (χ3n) is 5.53. The Morgan fingerprint density at radius 3 is 2.43 bits per heavy atom. The fourth-order valence-corrected chi connectivity index (χ4v) is 4.24. The molecular formula is C24H25BrN4O. The van der Waals surface area contributed by atoms with E-state index in [1.54, 1.807) is 12.4 Å². The fraction of sp³-hybridized carbons (Fsp3) is 0.250. The molecule has 2 aromatic carbocycles. The van der Waals surface area contributed by atoms with Gasteiger partial charge in [-0.05, 0) is 89.1 Å². The molecule has 154 valence electrons. The Hall–Kier alpha value is -2.70. The molecule has 0 atom stereocenters. The van der Waals surface area contributed by atoms with Gasteiger partial charge >= 0.3 is 0 Å². The molecule has 4 rings (SSSR count). The lowest BCUT2D eigenvalue weighted by atomic mass is 9.99. The highest BCUT2D eigenvalue weighted by atomic mass is 79.9. The first kappa shape index (κ1) is 20.6. The number of nitrogens with one attached hydrogen (secondary N) is 1. The number of nitrogens with zero attached hydrogens (tertiary/aromatic N) is 3. The van der Waals surface area contributed by atoms with Gasteiger partial charge in [0.05, 0.1) is 5.69 Å². The number of pyridine rings is 1. The molecule has 1 saturated heterocycles. The minimum absolute atomic E-state index is 0.106. The normalized spacial score (nSPS) is 14.6. The number of carbonyl (C=O) groups is 1. The zero-order valence-electron chi connectivity index (χ0n) is 17.2. The molecule has 30 heavy (non-hydrogen) atoms. The Bertz CT molecular complexity index is 1050. The number of hydrogen-bond donors (Lipinski definition) is 1. The van der Waals surface area contributed by atoms with Crippen molar-refractivity contribution in [2.75, 3.05) is 43.4 Å². The van der Waals surface area contributed by atoms with Crippen LogP contribution in [0.2, 0.25) is 0 Å². The summed E-state index contributed by atoms with van der Waals surface area (Å²) in [6, 6.07) is 15.7. The van der Waals surface area contributed by atoms with Crippen molar-refractivity contribution in [3.05, 3.63) is 76.5 Å². The molecule has 0 spiro atoms. The third-order valence-corrected chi connectivity index (χ3v) is 6.20. The molecule has 6 heteroatoms. The maximum atomic E-state index is 12.9. The number of carbonyl (C=O) groups excluding carboxylic acids is 1. The Labute approximate surface area is 185 Å². The molecule has 2 heterocycles. The summed E-state index contributed by atoms with van der Waals surface area (Å²) in [5.41, 5.74) is 5.82. The van der Waals surface area contributed by atoms with E-state index in [1.165, 1.54) is 0 Å². The van der Waals surface area contributed by atoms with Crippen LogP contribution in [0.5, 0.6) is 0 Å². The van der Waals surface area contributed by atoms with E-state index < -0.39 is 0 Å². The zero-order valence-corrected chi connectivity index (χ0v) is 18.8. The van der Waals surface area contributed by atoms with E-state index in [0.29, 0.717) is 5.56 Å². The number of amides is 1. The first-order chi connectivity index (χ1) is 14.5. The predicted molar refractivity (Wildman–Crippen MR) is 126 cm³/mol. The number of piperazine rings is 1. The van der Waals surface area contributed by atoms with Gasteiger partial charge in [0.1, 0.15) is 0 Å². The van der Waals surface area contributed by atoms with E-state index in [2.05, 4.69) is 43.1 Å². The van der Waals surface area contributed by atoms with Crippen molar-refractivity contribution in [3.63, 3.8) is 0 Å². The van der Waals surface area contributed by atoms with Gasteiger partial charge < -0.3 is 15.1 Å². The van der Waals surface area contributed by atoms with Gasteiger partial charge in [0.15, 0.2) is 0 Å². The van der Waals surface area contributed by atoms with Gasteiger partial charge in [-0.3, -0.25) is 9.78 Å². The summed E-state index contributed by atoms with van der Waals surface area (Å²) in [6.07, 6.45) is 3.56. The highest BCUT2D eigenvalue weighted by Crippen LogP contribution is 2.31. The standard InChI is InChI=1S/C24H25BrN4O/c1-17-15-19(3-5-21(17)18-7-9-26-10-8-18)24(30)27-20-4-6-22(25)23(16-20)29-13-11-28(2)12-14-29/h3-10,15-16H,11-14H2,1-2H3,(H,27,30). The topological polar surface area (TPSA) is 48.5 Å². The van der Waals surface area contributed by atoms with Gasteiger partial charge in [-0.15, -0.1) is 0 Å². The number of aryl methyl sites for hydroxylation is 1. The molecule has 0 saturated carbocycles. The summed E-state index contributed by atoms with van der Waals surface area (Å²) >= 11 is 3.66. The largest absolute Gasteiger partial charge is 0.368 e. The SMILES string of the molecule is Cc1cc(C(=O)Nc2ccc(Br)c(N3CCN(C)CC3)c2)ccc1-c1ccncc1. The lowest BCUT2D eigenvalue weighted by molar-refractivity contribution is 0.102. The Morgan fingerprint density at radius 2 is 1.73 bits per heavy atom. The van der Waals surface area contributed by atoms with E-state index in [-0.39, 0.29) is 5.91 Å². The van der Waals surface area contributed by atoms with Crippen LogP contribution >= 0.6 is 15.9 Å². The van der Waals surface area contributed by atoms with Gasteiger partial charge in [-0.1, -0.05) is 6.07 Å². The maximum absolute atomic E-state index is 12.9. The Kier molecular flexibility index (Phi) is 6.16. The summed E-state index contributed by atoms with van der Waals surface area (Å²) in [6.45, 7) is 6.04. The van der Waals surface area contributed by atoms with Gasteiger partial charge in [-0.2, -0.15) is 0 Å². The quantitative estimate of drug-likeness (QED) is 0.600. The molecule has 1 amide bonds. The second-order valence-electron chi connectivity index (χ2n) is 7.68. The molecule has 3 aromatic rings. The highest BCUT2D eigenvalue weighted by Gasteiger charge is 2.17. The molecule has 1 aromatic heterocycles. The molecule has 1 aliphatic rings. The smallest absolute Gasteiger partial charge is 0.255 e. The number of benzene rings is 2. The number of anilines is 2. The van der Waals surface area contributed by atoms with Crippen molar-refractivity contribution in [1.29, 1.82) is 0 Å². The number of hydrogen-bond acceptors (Lipinski definition) is 4. The molecule has 1 N–H and O–H groups in total. The van der Waals surface area contributed by atoms with Crippen LogP contribution < -0.4 is 10.2 Å². The average Bonchev–Trinajstić information content (AvgIpc) is 2.76. The van der Waals surface area contributed by atoms with Crippen LogP contribution in [-0.2, 0) is 0 Å². The molecule has 0 bridgehead atoms. The van der Waals surface area contributed by atoms with Crippen molar-refractivity contribution >= 4 is 33.2 Å². The van der Waals surface area contributed by atoms with E-state index in [0.717, 1.165) is 58.7 Å². The molecule has 0 aliphatic carbocycles. The van der Waals surface area contributed by atoms with Crippen LogP contribution in [-0.4, -0.2) is 49.0 Å². The third kappa shape index (κ3) is 4.55. The van der Waals surface area contributed by atoms with Crippen LogP contribution in [0, 0.1) is 6.92 Å². The lowest BCUT2D eigenvalue weighted by Crippen LogP contribution is -2.44. The monoisotopic (exact) mass is 464 g/mol. The summed E-state index contributed by atoms with van der Waals surface area (Å²) < 4.78 is 1.04. The number of halogens is 1. The number of rotatable bonds is 4. The molecule has 0 unspecified atom stereocenters. The lowest BCUT2D eigenvalue weighted by Gasteiger charge is -2.34. The fourth-order valence-electron chi connectivity index (χ4n) is 3.74. The molecule has 1 fully saturated rings. The Balaban J connectivity index is 1.51. The summed E-state index contributed by atoms with van der Waals surface area (Å²) in [4.78, 5) is 21.6. The molecule has 1 aliphatic heterocycles. The first-order valence-electron chi connectivity index (χ1n) is 10.1. The summed E-state index contributed by atoms with van der Waals surface area (Å²) in [5.74, 6) is -0.106. The van der Waals surface area contributed by atoms with E-state index >= 15 is 0 Å². The summed E-state index contributed by atoms with van der Waals surface area (Å²) in [7, 11) is 2.14. The van der Waals surface area contributed by atoms with Crippen LogP contribution in [0.3, 0.4) is 0 Å². The van der Waals surface area contributed by atoms with Gasteiger partial charge in [0, 0.05) is 54.3 Å². The van der Waals surface area contributed by atoms with Gasteiger partial charge in [0.25, 0.3) is 5.91 Å². The highest BCUT2D eigenvalue weighted by molar-refractivity contribution is 9.10. The van der Waals surface area contributed by atoms with Crippen LogP contribution in [0.1, 0.15) is 15.9 Å². The van der Waals surface area contributed by atoms with E-state index in [4.69, 9.17) is 0 Å². The van der Waals surface area contributed by atoms with Crippen LogP contribution in [0.4, 0.5) is 11.4 Å². The molecule has 5 nitrogen and oxygen atoms in total. The van der Waals surface area contributed by atoms with Crippen LogP contribution in [0.25, 0.3) is 11.1 Å². The minimum atomic E-state index is -0.106. The zero-order chi connectivity index (χ0) is 21.1. The van der Waals surface area contributed by atoms with Crippen molar-refractivity contribution in [2.45, 2.75) is 6.92 Å². The number of likely N-dealkylation sites (N-methyl/N-ethyl adjacent to an activating group) is 1. The van der Waals surface area contributed by atoms with Crippen molar-refractivity contribution in [2.24, 2.45) is 0 Å². The van der Waals surface area contributed by atoms with Crippen LogP contribution in [0.15, 0.2) is 65.4 Å². The first-order valence-corrected chi connectivity index (χ1v) is 10.9. The van der Waals surface area contributed by atoms with E-state index in [1.807, 2.05) is 55.5 Å². The van der Waals surface area contributed by atoms with Gasteiger partial charge in [-0.25, -0.2) is 0 Å². The minimum Gasteiger partial charge on any atom is -0.368 e. The average molecular weight is 465 g/mol. The van der Waals surface area contributed by atoms with Crippen molar-refractivity contribution in [3.8, 4) is 11.1 Å². The molecular weight excluding hydrogens is 440 g/mol. The summed E-state index contributed by atoms with van der Waals surface area (Å²) in [5, 5.41) is 3.05. The van der Waals surface area contributed by atoms with E-state index in [9.17, 15) is 4.79 Å². The second-order valence-corrected chi connectivity index (χ2v) is 8.53. The van der Waals surface area contributed by atoms with Crippen molar-refractivity contribution in [1.82, 2.24) is 9.88 Å². The molecule has 0 radical (unpaired) electrons. The number of aromatic nitrogens is 1. The van der Waals surface area contributed by atoms with Gasteiger partial charge in [0.2, 0.25) is 0 Å². The van der Waals surface area contributed by atoms with Crippen molar-refractivity contribution < 1.29 is 4.79 Å². The Morgan fingerprint density at radius 1 is 1.00 bits per heavy atom. The predicted octanol–water partition coefficient (Wildman–Crippen LogP) is 4.82.